The Bertz CT molecular complexity index is 521. The maximum absolute atomic E-state index is 8.98. The van der Waals surface area contributed by atoms with E-state index >= 15 is 0 Å². The van der Waals surface area contributed by atoms with Gasteiger partial charge in [-0.05, 0) is 23.3 Å². The maximum Gasteiger partial charge on any atom is 0.121 e. The second-order valence-corrected chi connectivity index (χ2v) is 4.66. The molecule has 1 N–H and O–H groups in total. The van der Waals surface area contributed by atoms with Gasteiger partial charge in [-0.15, -0.1) is 0 Å². The molecule has 0 aliphatic heterocycles. The van der Waals surface area contributed by atoms with Crippen LogP contribution in [0.5, 0.6) is 5.75 Å². The van der Waals surface area contributed by atoms with Crippen LogP contribution in [0.1, 0.15) is 11.1 Å². The summed E-state index contributed by atoms with van der Waals surface area (Å²) in [6.07, 6.45) is 0. The average Bonchev–Trinajstić information content (AvgIpc) is 2.46. The van der Waals surface area contributed by atoms with Crippen LogP contribution >= 0.6 is 0 Å². The molecule has 2 aromatic rings. The van der Waals surface area contributed by atoms with Crippen LogP contribution < -0.4 is 9.64 Å². The van der Waals surface area contributed by atoms with Gasteiger partial charge in [-0.25, -0.2) is 0 Å². The molecule has 2 aromatic carbocycles. The molecule has 0 aromatic heterocycles. The van der Waals surface area contributed by atoms with Crippen LogP contribution in [0.15, 0.2) is 48.5 Å². The van der Waals surface area contributed by atoms with Gasteiger partial charge < -0.3 is 14.7 Å². The molecular weight excluding hydrogens is 238 g/mol. The predicted octanol–water partition coefficient (Wildman–Crippen LogP) is 2.82. The molecule has 0 spiro atoms. The molecule has 0 aliphatic carbocycles. The van der Waals surface area contributed by atoms with Gasteiger partial charge in [0.15, 0.2) is 0 Å². The van der Waals surface area contributed by atoms with Crippen LogP contribution in [0.4, 0.5) is 5.69 Å². The molecule has 3 heteroatoms. The highest BCUT2D eigenvalue weighted by molar-refractivity contribution is 5.49. The molecule has 0 unspecified atom stereocenters. The van der Waals surface area contributed by atoms with E-state index in [0.29, 0.717) is 6.61 Å². The van der Waals surface area contributed by atoms with E-state index < -0.39 is 0 Å². The van der Waals surface area contributed by atoms with E-state index in [1.165, 1.54) is 0 Å². The zero-order chi connectivity index (χ0) is 13.7. The molecule has 0 bridgehead atoms. The molecule has 2 rings (SSSR count). The lowest BCUT2D eigenvalue weighted by molar-refractivity contribution is 0.281. The highest BCUT2D eigenvalue weighted by Crippen LogP contribution is 2.20. The summed E-state index contributed by atoms with van der Waals surface area (Å²) in [7, 11) is 4.01. The first kappa shape index (κ1) is 13.4. The second kappa shape index (κ2) is 6.25. The number of hydrogen-bond donors (Lipinski definition) is 1. The molecule has 0 heterocycles. The SMILES string of the molecule is CN(C)c1cccc(OCc2ccc(CO)cc2)c1. The summed E-state index contributed by atoms with van der Waals surface area (Å²) in [6.45, 7) is 0.606. The van der Waals surface area contributed by atoms with Crippen molar-refractivity contribution in [3.8, 4) is 5.75 Å². The summed E-state index contributed by atoms with van der Waals surface area (Å²) in [5.41, 5.74) is 3.12. The number of rotatable bonds is 5. The third kappa shape index (κ3) is 3.73. The Labute approximate surface area is 114 Å². The average molecular weight is 257 g/mol. The standard InChI is InChI=1S/C16H19NO2/c1-17(2)15-4-3-5-16(10-15)19-12-14-8-6-13(11-18)7-9-14/h3-10,18H,11-12H2,1-2H3. The van der Waals surface area contributed by atoms with Gasteiger partial charge in [-0.3, -0.25) is 0 Å². The van der Waals surface area contributed by atoms with Crippen molar-refractivity contribution < 1.29 is 9.84 Å². The summed E-state index contributed by atoms with van der Waals surface area (Å²) in [5.74, 6) is 0.859. The summed E-state index contributed by atoms with van der Waals surface area (Å²) < 4.78 is 5.77. The molecule has 0 radical (unpaired) electrons. The fraction of sp³-hybridized carbons (Fsp3) is 0.250. The zero-order valence-corrected chi connectivity index (χ0v) is 11.3. The molecule has 0 atom stereocenters. The topological polar surface area (TPSA) is 32.7 Å². The summed E-state index contributed by atoms with van der Waals surface area (Å²) in [5, 5.41) is 8.98. The Morgan fingerprint density at radius 2 is 1.68 bits per heavy atom. The van der Waals surface area contributed by atoms with E-state index in [2.05, 4.69) is 0 Å². The van der Waals surface area contributed by atoms with Crippen molar-refractivity contribution >= 4 is 5.69 Å². The minimum Gasteiger partial charge on any atom is -0.489 e. The highest BCUT2D eigenvalue weighted by atomic mass is 16.5. The number of nitrogens with zero attached hydrogens (tertiary/aromatic N) is 1. The smallest absolute Gasteiger partial charge is 0.121 e. The van der Waals surface area contributed by atoms with Gasteiger partial charge in [0.1, 0.15) is 12.4 Å². The van der Waals surface area contributed by atoms with Crippen LogP contribution in [0.25, 0.3) is 0 Å². The van der Waals surface area contributed by atoms with E-state index in [1.807, 2.05) is 67.5 Å². The van der Waals surface area contributed by atoms with Crippen LogP contribution in [0.3, 0.4) is 0 Å². The van der Waals surface area contributed by atoms with Crippen molar-refractivity contribution in [2.75, 3.05) is 19.0 Å². The third-order valence-corrected chi connectivity index (χ3v) is 2.95. The summed E-state index contributed by atoms with van der Waals surface area (Å²) >= 11 is 0. The lowest BCUT2D eigenvalue weighted by atomic mass is 10.1. The molecule has 100 valence electrons. The number of aliphatic hydroxyl groups excluding tert-OH is 1. The fourth-order valence-corrected chi connectivity index (χ4v) is 1.76. The Balaban J connectivity index is 1.99. The second-order valence-electron chi connectivity index (χ2n) is 4.66. The summed E-state index contributed by atoms with van der Waals surface area (Å²) in [6, 6.07) is 15.8. The van der Waals surface area contributed by atoms with Gasteiger partial charge in [-0.2, -0.15) is 0 Å². The van der Waals surface area contributed by atoms with Crippen LogP contribution in [-0.4, -0.2) is 19.2 Å². The molecular formula is C16H19NO2. The van der Waals surface area contributed by atoms with Gasteiger partial charge in [0.2, 0.25) is 0 Å². The van der Waals surface area contributed by atoms with Crippen molar-refractivity contribution in [3.05, 3.63) is 59.7 Å². The minimum atomic E-state index is 0.0754. The van der Waals surface area contributed by atoms with Crippen LogP contribution in [-0.2, 0) is 13.2 Å². The summed E-state index contributed by atoms with van der Waals surface area (Å²) in [4.78, 5) is 2.04. The van der Waals surface area contributed by atoms with Crippen LogP contribution in [0.2, 0.25) is 0 Å². The quantitative estimate of drug-likeness (QED) is 0.894. The first-order chi connectivity index (χ1) is 9.19. The van der Waals surface area contributed by atoms with E-state index in [0.717, 1.165) is 22.6 Å². The zero-order valence-electron chi connectivity index (χ0n) is 11.3. The first-order valence-corrected chi connectivity index (χ1v) is 6.28. The molecule has 0 saturated heterocycles. The van der Waals surface area contributed by atoms with E-state index in [-0.39, 0.29) is 6.61 Å². The largest absolute Gasteiger partial charge is 0.489 e. The monoisotopic (exact) mass is 257 g/mol. The third-order valence-electron chi connectivity index (χ3n) is 2.95. The highest BCUT2D eigenvalue weighted by Gasteiger charge is 2.00. The lowest BCUT2D eigenvalue weighted by Gasteiger charge is -2.14. The minimum absolute atomic E-state index is 0.0754. The van der Waals surface area contributed by atoms with Crippen LogP contribution in [0, 0.1) is 0 Å². The van der Waals surface area contributed by atoms with E-state index in [1.54, 1.807) is 0 Å². The number of hydrogen-bond acceptors (Lipinski definition) is 3. The van der Waals surface area contributed by atoms with E-state index in [4.69, 9.17) is 9.84 Å². The van der Waals surface area contributed by atoms with Crippen molar-refractivity contribution in [3.63, 3.8) is 0 Å². The van der Waals surface area contributed by atoms with Gasteiger partial charge >= 0.3 is 0 Å². The Hall–Kier alpha value is -2.00. The van der Waals surface area contributed by atoms with Crippen molar-refractivity contribution in [2.45, 2.75) is 13.2 Å². The normalized spacial score (nSPS) is 10.3. The maximum atomic E-state index is 8.98. The Morgan fingerprint density at radius 1 is 1.00 bits per heavy atom. The Morgan fingerprint density at radius 3 is 2.32 bits per heavy atom. The molecule has 19 heavy (non-hydrogen) atoms. The Kier molecular flexibility index (Phi) is 4.42. The van der Waals surface area contributed by atoms with Crippen molar-refractivity contribution in [1.82, 2.24) is 0 Å². The van der Waals surface area contributed by atoms with Crippen molar-refractivity contribution in [1.29, 1.82) is 0 Å². The van der Waals surface area contributed by atoms with E-state index in [9.17, 15) is 0 Å². The molecule has 0 aliphatic rings. The van der Waals surface area contributed by atoms with Crippen molar-refractivity contribution in [2.24, 2.45) is 0 Å². The first-order valence-electron chi connectivity index (χ1n) is 6.28. The number of anilines is 1. The lowest BCUT2D eigenvalue weighted by Crippen LogP contribution is -2.08. The molecule has 0 fully saturated rings. The van der Waals surface area contributed by atoms with Gasteiger partial charge in [0.25, 0.3) is 0 Å². The predicted molar refractivity (Wildman–Crippen MR) is 77.5 cm³/mol. The number of ether oxygens (including phenoxy) is 1. The van der Waals surface area contributed by atoms with Gasteiger partial charge in [-0.1, -0.05) is 30.3 Å². The fourth-order valence-electron chi connectivity index (χ4n) is 1.76. The molecule has 3 nitrogen and oxygen atoms in total. The number of aliphatic hydroxyl groups is 1. The molecule has 0 amide bonds. The number of benzene rings is 2. The molecule has 0 saturated carbocycles. The van der Waals surface area contributed by atoms with Gasteiger partial charge in [0, 0.05) is 25.8 Å². The van der Waals surface area contributed by atoms with Gasteiger partial charge in [0.05, 0.1) is 6.61 Å².